The number of benzene rings is 1. The summed E-state index contributed by atoms with van der Waals surface area (Å²) in [6, 6.07) is 7.58. The van der Waals surface area contributed by atoms with Gasteiger partial charge in [-0.1, -0.05) is 0 Å². The number of amides is 1. The van der Waals surface area contributed by atoms with Crippen LogP contribution in [-0.2, 0) is 0 Å². The van der Waals surface area contributed by atoms with Crippen LogP contribution in [0, 0.1) is 6.92 Å². The Labute approximate surface area is 102 Å². The number of fused-ring (bicyclic) bond motifs is 1. The molecule has 0 saturated heterocycles. The lowest BCUT2D eigenvalue weighted by Crippen LogP contribution is -2.13. The Morgan fingerprint density at radius 3 is 3.00 bits per heavy atom. The van der Waals surface area contributed by atoms with E-state index in [4.69, 9.17) is 0 Å². The van der Waals surface area contributed by atoms with Crippen molar-refractivity contribution in [2.75, 3.05) is 5.32 Å². The molecule has 1 aromatic carbocycles. The first-order valence-corrected chi connectivity index (χ1v) is 5.50. The molecule has 0 spiro atoms. The molecular formula is C12H11N5O. The van der Waals surface area contributed by atoms with Gasteiger partial charge in [0.05, 0.1) is 0 Å². The van der Waals surface area contributed by atoms with Crippen LogP contribution in [0.15, 0.2) is 30.5 Å². The molecule has 18 heavy (non-hydrogen) atoms. The molecule has 2 heterocycles. The van der Waals surface area contributed by atoms with E-state index in [0.29, 0.717) is 5.82 Å². The second-order valence-corrected chi connectivity index (χ2v) is 3.98. The summed E-state index contributed by atoms with van der Waals surface area (Å²) in [5, 5.41) is 10.2. The zero-order valence-corrected chi connectivity index (χ0v) is 9.69. The predicted octanol–water partition coefficient (Wildman–Crippen LogP) is 1.85. The van der Waals surface area contributed by atoms with Crippen molar-refractivity contribution < 1.29 is 4.79 Å². The summed E-state index contributed by atoms with van der Waals surface area (Å²) in [6.45, 7) is 1.75. The summed E-state index contributed by atoms with van der Waals surface area (Å²) in [5.74, 6) is 0.428. The number of rotatable bonds is 2. The van der Waals surface area contributed by atoms with Crippen LogP contribution in [0.2, 0.25) is 0 Å². The average Bonchev–Trinajstić information content (AvgIpc) is 2.96. The number of H-pyrrole nitrogens is 2. The number of nitrogens with one attached hydrogen (secondary N) is 3. The van der Waals surface area contributed by atoms with Gasteiger partial charge in [0.25, 0.3) is 5.91 Å². The first-order chi connectivity index (χ1) is 8.72. The second kappa shape index (κ2) is 3.99. The minimum atomic E-state index is -0.325. The molecule has 0 unspecified atom stereocenters. The second-order valence-electron chi connectivity index (χ2n) is 3.98. The molecule has 0 atom stereocenters. The Kier molecular flexibility index (Phi) is 2.33. The number of carbonyl (C=O) groups is 1. The van der Waals surface area contributed by atoms with Gasteiger partial charge in [-0.05, 0) is 31.2 Å². The molecule has 90 valence electrons. The molecule has 0 radical (unpaired) electrons. The highest BCUT2D eigenvalue weighted by Crippen LogP contribution is 2.18. The van der Waals surface area contributed by atoms with Crippen molar-refractivity contribution in [2.24, 2.45) is 0 Å². The van der Waals surface area contributed by atoms with E-state index >= 15 is 0 Å². The molecule has 1 amide bonds. The molecule has 0 saturated carbocycles. The van der Waals surface area contributed by atoms with Gasteiger partial charge in [-0.25, -0.2) is 4.98 Å². The van der Waals surface area contributed by atoms with E-state index in [1.165, 1.54) is 0 Å². The van der Waals surface area contributed by atoms with Gasteiger partial charge in [0.2, 0.25) is 5.82 Å². The molecule has 0 aliphatic carbocycles. The monoisotopic (exact) mass is 241 g/mol. The lowest BCUT2D eigenvalue weighted by Gasteiger charge is -2.02. The first kappa shape index (κ1) is 10.5. The van der Waals surface area contributed by atoms with E-state index in [0.717, 1.165) is 16.6 Å². The highest BCUT2D eigenvalue weighted by atomic mass is 16.2. The largest absolute Gasteiger partial charge is 0.361 e. The van der Waals surface area contributed by atoms with Crippen molar-refractivity contribution in [3.05, 3.63) is 42.1 Å². The van der Waals surface area contributed by atoms with Crippen LogP contribution >= 0.6 is 0 Å². The van der Waals surface area contributed by atoms with Crippen molar-refractivity contribution in [1.82, 2.24) is 20.2 Å². The minimum absolute atomic E-state index is 0.140. The van der Waals surface area contributed by atoms with E-state index in [-0.39, 0.29) is 11.7 Å². The SMILES string of the molecule is Cc1nc(C(=O)Nc2ccc3[nH]ccc3c2)n[nH]1. The standard InChI is InChI=1S/C12H11N5O/c1-7-14-11(17-16-7)12(18)15-9-2-3-10-8(6-9)4-5-13-10/h2-6,13H,1H3,(H,15,18)(H,14,16,17). The summed E-state index contributed by atoms with van der Waals surface area (Å²) in [5.41, 5.74) is 1.75. The third-order valence-electron chi connectivity index (χ3n) is 2.61. The van der Waals surface area contributed by atoms with Crippen molar-refractivity contribution in [3.8, 4) is 0 Å². The number of anilines is 1. The summed E-state index contributed by atoms with van der Waals surface area (Å²) in [6.07, 6.45) is 1.86. The number of hydrogen-bond donors (Lipinski definition) is 3. The van der Waals surface area contributed by atoms with Crippen molar-refractivity contribution >= 4 is 22.5 Å². The highest BCUT2D eigenvalue weighted by Gasteiger charge is 2.11. The first-order valence-electron chi connectivity index (χ1n) is 5.50. The van der Waals surface area contributed by atoms with Crippen molar-refractivity contribution in [1.29, 1.82) is 0 Å². The molecule has 3 N–H and O–H groups in total. The third kappa shape index (κ3) is 1.84. The van der Waals surface area contributed by atoms with Gasteiger partial charge < -0.3 is 10.3 Å². The van der Waals surface area contributed by atoms with E-state index < -0.39 is 0 Å². The summed E-state index contributed by atoms with van der Waals surface area (Å²) < 4.78 is 0. The Hall–Kier alpha value is -2.63. The van der Waals surface area contributed by atoms with Crippen LogP contribution < -0.4 is 5.32 Å². The maximum Gasteiger partial charge on any atom is 0.295 e. The average molecular weight is 241 g/mol. The molecule has 0 bridgehead atoms. The number of aromatic amines is 2. The number of aromatic nitrogens is 4. The van der Waals surface area contributed by atoms with E-state index in [9.17, 15) is 4.79 Å². The topological polar surface area (TPSA) is 86.5 Å². The summed E-state index contributed by atoms with van der Waals surface area (Å²) in [7, 11) is 0. The zero-order chi connectivity index (χ0) is 12.5. The van der Waals surface area contributed by atoms with Crippen LogP contribution in [0.5, 0.6) is 0 Å². The molecule has 0 aliphatic heterocycles. The third-order valence-corrected chi connectivity index (χ3v) is 2.61. The quantitative estimate of drug-likeness (QED) is 0.639. The molecule has 0 fully saturated rings. The van der Waals surface area contributed by atoms with Gasteiger partial charge in [0.15, 0.2) is 0 Å². The lowest BCUT2D eigenvalue weighted by molar-refractivity contribution is 0.101. The lowest BCUT2D eigenvalue weighted by atomic mass is 10.2. The number of nitrogens with zero attached hydrogens (tertiary/aromatic N) is 2. The molecule has 3 aromatic rings. The van der Waals surface area contributed by atoms with Gasteiger partial charge in [0, 0.05) is 22.8 Å². The Bertz CT molecular complexity index is 712. The van der Waals surface area contributed by atoms with Crippen LogP contribution in [-0.4, -0.2) is 26.1 Å². The molecule has 3 rings (SSSR count). The Balaban J connectivity index is 1.85. The molecule has 0 aliphatic rings. The van der Waals surface area contributed by atoms with Crippen molar-refractivity contribution in [2.45, 2.75) is 6.92 Å². The van der Waals surface area contributed by atoms with E-state index in [2.05, 4.69) is 25.5 Å². The van der Waals surface area contributed by atoms with E-state index in [1.807, 2.05) is 30.5 Å². The normalized spacial score (nSPS) is 10.7. The van der Waals surface area contributed by atoms with Crippen LogP contribution in [0.25, 0.3) is 10.9 Å². The molecule has 2 aromatic heterocycles. The summed E-state index contributed by atoms with van der Waals surface area (Å²) in [4.78, 5) is 18.9. The summed E-state index contributed by atoms with van der Waals surface area (Å²) >= 11 is 0. The van der Waals surface area contributed by atoms with Gasteiger partial charge in [-0.15, -0.1) is 5.10 Å². The van der Waals surface area contributed by atoms with Gasteiger partial charge in [-0.2, -0.15) is 0 Å². The van der Waals surface area contributed by atoms with Gasteiger partial charge in [0.1, 0.15) is 5.82 Å². The van der Waals surface area contributed by atoms with E-state index in [1.54, 1.807) is 6.92 Å². The Morgan fingerprint density at radius 1 is 1.33 bits per heavy atom. The molecular weight excluding hydrogens is 230 g/mol. The fourth-order valence-electron chi connectivity index (χ4n) is 1.76. The van der Waals surface area contributed by atoms with Crippen molar-refractivity contribution in [3.63, 3.8) is 0 Å². The zero-order valence-electron chi connectivity index (χ0n) is 9.69. The maximum absolute atomic E-state index is 11.8. The number of aryl methyl sites for hydroxylation is 1. The van der Waals surface area contributed by atoms with Crippen LogP contribution in [0.1, 0.15) is 16.4 Å². The number of hydrogen-bond acceptors (Lipinski definition) is 3. The molecule has 6 heteroatoms. The maximum atomic E-state index is 11.8. The highest BCUT2D eigenvalue weighted by molar-refractivity contribution is 6.02. The number of carbonyl (C=O) groups excluding carboxylic acids is 1. The fraction of sp³-hybridized carbons (Fsp3) is 0.0833. The molecule has 6 nitrogen and oxygen atoms in total. The minimum Gasteiger partial charge on any atom is -0.361 e. The van der Waals surface area contributed by atoms with Gasteiger partial charge >= 0.3 is 0 Å². The smallest absolute Gasteiger partial charge is 0.295 e. The Morgan fingerprint density at radius 2 is 2.22 bits per heavy atom. The van der Waals surface area contributed by atoms with Crippen LogP contribution in [0.3, 0.4) is 0 Å². The van der Waals surface area contributed by atoms with Gasteiger partial charge in [-0.3, -0.25) is 9.89 Å². The predicted molar refractivity (Wildman–Crippen MR) is 67.4 cm³/mol. The van der Waals surface area contributed by atoms with Crippen LogP contribution in [0.4, 0.5) is 5.69 Å². The fourth-order valence-corrected chi connectivity index (χ4v) is 1.76.